The van der Waals surface area contributed by atoms with Gasteiger partial charge in [-0.25, -0.2) is 4.39 Å². The van der Waals surface area contributed by atoms with Crippen molar-refractivity contribution in [1.29, 1.82) is 0 Å². The first-order valence-electron chi connectivity index (χ1n) is 11.4. The van der Waals surface area contributed by atoms with Crippen LogP contribution in [0.2, 0.25) is 0 Å². The number of benzene rings is 2. The predicted molar refractivity (Wildman–Crippen MR) is 131 cm³/mol. The van der Waals surface area contributed by atoms with Gasteiger partial charge >= 0.3 is 0 Å². The summed E-state index contributed by atoms with van der Waals surface area (Å²) in [5.74, 6) is 0.923. The number of nitrogens with zero attached hydrogens (tertiary/aromatic N) is 2. The molecule has 0 amide bonds. The van der Waals surface area contributed by atoms with Crippen molar-refractivity contribution in [2.75, 3.05) is 6.61 Å². The molecule has 0 radical (unpaired) electrons. The molecule has 1 atom stereocenters. The van der Waals surface area contributed by atoms with Gasteiger partial charge in [0, 0.05) is 27.2 Å². The number of aryl methyl sites for hydroxylation is 3. The standard InChI is InChI=1S/C27H28FN3OS/c1-16-7-8-20(17(2)11-16)13-21-15-32-31-27(30-21)23-12-18(3)29-14-25(23)33-24-6-4-5-22(26(24)28)19-9-10-19/h4-8,11-12,14,19,21H,9-10,13,15H2,1-3H3,(H,30,31). The zero-order chi connectivity index (χ0) is 22.9. The van der Waals surface area contributed by atoms with Crippen LogP contribution in [0.5, 0.6) is 0 Å². The fourth-order valence-corrected chi connectivity index (χ4v) is 5.24. The molecule has 2 heterocycles. The van der Waals surface area contributed by atoms with E-state index in [0.717, 1.165) is 41.0 Å². The quantitative estimate of drug-likeness (QED) is 0.484. The van der Waals surface area contributed by atoms with E-state index in [1.807, 2.05) is 31.2 Å². The first kappa shape index (κ1) is 22.0. The summed E-state index contributed by atoms with van der Waals surface area (Å²) >= 11 is 1.40. The van der Waals surface area contributed by atoms with Gasteiger partial charge < -0.3 is 10.2 Å². The first-order valence-corrected chi connectivity index (χ1v) is 12.3. The van der Waals surface area contributed by atoms with Gasteiger partial charge in [0.1, 0.15) is 12.4 Å². The minimum atomic E-state index is -0.112. The summed E-state index contributed by atoms with van der Waals surface area (Å²) in [6, 6.07) is 14.3. The molecule has 4 nitrogen and oxygen atoms in total. The van der Waals surface area contributed by atoms with Gasteiger partial charge in [-0.1, -0.05) is 52.8 Å². The van der Waals surface area contributed by atoms with Gasteiger partial charge in [-0.2, -0.15) is 0 Å². The Labute approximate surface area is 198 Å². The number of pyridine rings is 1. The lowest BCUT2D eigenvalue weighted by atomic mass is 9.99. The largest absolute Gasteiger partial charge is 0.392 e. The monoisotopic (exact) mass is 461 g/mol. The second kappa shape index (κ2) is 9.18. The summed E-state index contributed by atoms with van der Waals surface area (Å²) in [4.78, 5) is 11.6. The molecular weight excluding hydrogens is 433 g/mol. The maximum Gasteiger partial charge on any atom is 0.174 e. The highest BCUT2D eigenvalue weighted by molar-refractivity contribution is 7.99. The molecule has 0 saturated heterocycles. The number of oxime groups is 1. The molecule has 6 heteroatoms. The fourth-order valence-electron chi connectivity index (χ4n) is 4.28. The van der Waals surface area contributed by atoms with Gasteiger partial charge in [0.25, 0.3) is 0 Å². The average molecular weight is 462 g/mol. The topological polar surface area (TPSA) is 46.5 Å². The van der Waals surface area contributed by atoms with Crippen LogP contribution in [0.15, 0.2) is 63.6 Å². The van der Waals surface area contributed by atoms with Crippen molar-refractivity contribution in [3.05, 3.63) is 88.0 Å². The summed E-state index contributed by atoms with van der Waals surface area (Å²) in [6.45, 7) is 6.70. The molecule has 1 saturated carbocycles. The third-order valence-corrected chi connectivity index (χ3v) is 7.31. The van der Waals surface area contributed by atoms with Crippen LogP contribution in [0.25, 0.3) is 0 Å². The van der Waals surface area contributed by atoms with Crippen LogP contribution in [0.1, 0.15) is 52.3 Å². The van der Waals surface area contributed by atoms with E-state index in [4.69, 9.17) is 4.84 Å². The molecule has 1 unspecified atom stereocenters. The molecular formula is C27H28FN3OS. The Kier molecular flexibility index (Phi) is 6.11. The molecule has 170 valence electrons. The summed E-state index contributed by atoms with van der Waals surface area (Å²) in [5, 5.41) is 7.88. The molecule has 33 heavy (non-hydrogen) atoms. The lowest BCUT2D eigenvalue weighted by Crippen LogP contribution is -2.43. The number of rotatable bonds is 6. The van der Waals surface area contributed by atoms with Crippen molar-refractivity contribution in [3.8, 4) is 0 Å². The summed E-state index contributed by atoms with van der Waals surface area (Å²) in [7, 11) is 0. The van der Waals surface area contributed by atoms with Crippen LogP contribution in [-0.4, -0.2) is 23.5 Å². The molecule has 1 aliphatic carbocycles. The van der Waals surface area contributed by atoms with Crippen LogP contribution in [-0.2, 0) is 11.3 Å². The zero-order valence-electron chi connectivity index (χ0n) is 19.2. The third-order valence-electron chi connectivity index (χ3n) is 6.23. The van der Waals surface area contributed by atoms with Crippen LogP contribution in [0.3, 0.4) is 0 Å². The van der Waals surface area contributed by atoms with Crippen LogP contribution in [0, 0.1) is 26.6 Å². The second-order valence-corrected chi connectivity index (χ2v) is 10.2. The Balaban J connectivity index is 1.39. The van der Waals surface area contributed by atoms with Crippen molar-refractivity contribution in [3.63, 3.8) is 0 Å². The molecule has 1 N–H and O–H groups in total. The Morgan fingerprint density at radius 1 is 1.09 bits per heavy atom. The smallest absolute Gasteiger partial charge is 0.174 e. The van der Waals surface area contributed by atoms with Crippen molar-refractivity contribution in [2.24, 2.45) is 5.16 Å². The number of nitrogens with one attached hydrogen (secondary N) is 1. The molecule has 0 bridgehead atoms. The number of halogens is 1. The first-order chi connectivity index (χ1) is 16.0. The molecule has 1 aliphatic heterocycles. The SMILES string of the molecule is Cc1ccc(CC2CON=C(c3cc(C)ncc3Sc3cccc(C4CC4)c3F)N2)c(C)c1. The highest BCUT2D eigenvalue weighted by Gasteiger charge is 2.28. The summed E-state index contributed by atoms with van der Waals surface area (Å²) in [5.41, 5.74) is 6.42. The molecule has 5 rings (SSSR count). The van der Waals surface area contributed by atoms with E-state index in [1.165, 1.54) is 28.5 Å². The van der Waals surface area contributed by atoms with Crippen molar-refractivity contribution >= 4 is 17.6 Å². The predicted octanol–water partition coefficient (Wildman–Crippen LogP) is 6.07. The van der Waals surface area contributed by atoms with E-state index in [-0.39, 0.29) is 11.9 Å². The van der Waals surface area contributed by atoms with Crippen LogP contribution in [0.4, 0.5) is 4.39 Å². The number of hydrogen-bond donors (Lipinski definition) is 1. The Morgan fingerprint density at radius 2 is 1.94 bits per heavy atom. The molecule has 1 aromatic heterocycles. The molecule has 0 spiro atoms. The van der Waals surface area contributed by atoms with Gasteiger partial charge in [0.05, 0.1) is 6.04 Å². The van der Waals surface area contributed by atoms with Gasteiger partial charge in [0.15, 0.2) is 5.84 Å². The highest BCUT2D eigenvalue weighted by atomic mass is 32.2. The molecule has 3 aromatic rings. The van der Waals surface area contributed by atoms with Gasteiger partial charge in [-0.05, 0) is 74.8 Å². The van der Waals surface area contributed by atoms with E-state index in [2.05, 4.69) is 47.5 Å². The Bertz CT molecular complexity index is 1220. The summed E-state index contributed by atoms with van der Waals surface area (Å²) in [6.07, 6.45) is 4.79. The van der Waals surface area contributed by atoms with E-state index in [1.54, 1.807) is 6.20 Å². The lowest BCUT2D eigenvalue weighted by molar-refractivity contribution is 0.109. The fraction of sp³-hybridized carbons (Fsp3) is 0.333. The summed E-state index contributed by atoms with van der Waals surface area (Å²) < 4.78 is 15.2. The van der Waals surface area contributed by atoms with Gasteiger partial charge in [-0.3, -0.25) is 4.98 Å². The van der Waals surface area contributed by atoms with Crippen LogP contribution >= 0.6 is 11.8 Å². The molecule has 2 aliphatic rings. The minimum Gasteiger partial charge on any atom is -0.392 e. The molecule has 1 fully saturated rings. The second-order valence-electron chi connectivity index (χ2n) is 9.07. The third kappa shape index (κ3) is 4.91. The van der Waals surface area contributed by atoms with Crippen molar-refractivity contribution in [1.82, 2.24) is 10.3 Å². The zero-order valence-corrected chi connectivity index (χ0v) is 20.0. The lowest BCUT2D eigenvalue weighted by Gasteiger charge is -2.26. The Morgan fingerprint density at radius 3 is 2.73 bits per heavy atom. The van der Waals surface area contributed by atoms with Crippen LogP contribution < -0.4 is 5.32 Å². The number of hydrogen-bond acceptors (Lipinski definition) is 5. The maximum atomic E-state index is 15.2. The van der Waals surface area contributed by atoms with Gasteiger partial charge in [-0.15, -0.1) is 0 Å². The number of amidine groups is 1. The van der Waals surface area contributed by atoms with E-state index in [9.17, 15) is 0 Å². The van der Waals surface area contributed by atoms with Crippen molar-refractivity contribution < 1.29 is 9.23 Å². The Hall–Kier alpha value is -2.86. The van der Waals surface area contributed by atoms with E-state index in [0.29, 0.717) is 23.3 Å². The number of aromatic nitrogens is 1. The van der Waals surface area contributed by atoms with E-state index < -0.39 is 0 Å². The van der Waals surface area contributed by atoms with Gasteiger partial charge in [0.2, 0.25) is 0 Å². The maximum absolute atomic E-state index is 15.2. The highest BCUT2D eigenvalue weighted by Crippen LogP contribution is 2.44. The average Bonchev–Trinajstić information content (AvgIpc) is 3.64. The minimum absolute atomic E-state index is 0.0974. The van der Waals surface area contributed by atoms with E-state index >= 15 is 4.39 Å². The molecule has 2 aromatic carbocycles. The normalized spacial score (nSPS) is 17.8. The van der Waals surface area contributed by atoms with Crippen molar-refractivity contribution in [2.45, 2.75) is 61.8 Å².